The molecule has 9 heteroatoms. The van der Waals surface area contributed by atoms with Crippen LogP contribution < -0.4 is 5.32 Å². The monoisotopic (exact) mass is 365 g/mol. The maximum absolute atomic E-state index is 11.7. The number of carbonyl (C=O) groups excluding carboxylic acids is 2. The van der Waals surface area contributed by atoms with E-state index in [-0.39, 0.29) is 6.42 Å². The first-order valence-electron chi connectivity index (χ1n) is 8.28. The van der Waals surface area contributed by atoms with E-state index in [0.717, 1.165) is 0 Å². The van der Waals surface area contributed by atoms with Crippen molar-refractivity contribution < 1.29 is 32.3 Å². The minimum atomic E-state index is -2.69. The van der Waals surface area contributed by atoms with Crippen molar-refractivity contribution in [2.24, 2.45) is 0 Å². The highest BCUT2D eigenvalue weighted by Crippen LogP contribution is 2.18. The molecule has 0 bridgehead atoms. The summed E-state index contributed by atoms with van der Waals surface area (Å²) in [5.41, 5.74) is 0. The minimum absolute atomic E-state index is 0.0753. The molecule has 0 rings (SSSR count). The smallest absolute Gasteiger partial charge is 0.469 e. The van der Waals surface area contributed by atoms with Gasteiger partial charge in [0, 0.05) is 25.9 Å². The van der Waals surface area contributed by atoms with Gasteiger partial charge in [-0.2, -0.15) is 0 Å². The summed E-state index contributed by atoms with van der Waals surface area (Å²) < 4.78 is 26.6. The van der Waals surface area contributed by atoms with Gasteiger partial charge in [0.25, 0.3) is 0 Å². The maximum Gasteiger partial charge on any atom is 0.500 e. The van der Waals surface area contributed by atoms with Crippen LogP contribution in [0.1, 0.15) is 33.6 Å². The zero-order valence-electron chi connectivity index (χ0n) is 15.4. The van der Waals surface area contributed by atoms with Crippen molar-refractivity contribution in [3.05, 3.63) is 0 Å². The van der Waals surface area contributed by atoms with E-state index in [1.807, 2.05) is 20.8 Å². The van der Waals surface area contributed by atoms with Crippen LogP contribution in [0.5, 0.6) is 0 Å². The molecule has 0 aromatic carbocycles. The van der Waals surface area contributed by atoms with Crippen molar-refractivity contribution in [1.82, 2.24) is 5.32 Å². The lowest BCUT2D eigenvalue weighted by atomic mass is 10.2. The Morgan fingerprint density at radius 3 is 1.92 bits per heavy atom. The molecule has 142 valence electrons. The summed E-state index contributed by atoms with van der Waals surface area (Å²) in [6, 6.07) is -0.105. The van der Waals surface area contributed by atoms with Gasteiger partial charge in [0.05, 0.1) is 20.6 Å². The summed E-state index contributed by atoms with van der Waals surface area (Å²) in [5.74, 6) is -0.970. The topological polar surface area (TPSA) is 92.3 Å². The minimum Gasteiger partial charge on any atom is -0.469 e. The van der Waals surface area contributed by atoms with Crippen LogP contribution in [0, 0.1) is 0 Å². The summed E-state index contributed by atoms with van der Waals surface area (Å²) >= 11 is 0. The van der Waals surface area contributed by atoms with Gasteiger partial charge in [0.15, 0.2) is 0 Å². The van der Waals surface area contributed by atoms with Crippen molar-refractivity contribution in [3.63, 3.8) is 0 Å². The molecule has 1 atom stereocenters. The molecule has 0 amide bonds. The standard InChI is InChI=1S/C15H31NO7Si/c1-6-21-24(22-7-2,23-8-3)11-9-10-16-13(15(18)20-5)12-14(17)19-4/h13,16H,6-12H2,1-5H3/t13-/m0/s1. The van der Waals surface area contributed by atoms with Gasteiger partial charge in [-0.15, -0.1) is 0 Å². The lowest BCUT2D eigenvalue weighted by molar-refractivity contribution is -0.149. The highest BCUT2D eigenvalue weighted by atomic mass is 28.4. The van der Waals surface area contributed by atoms with E-state index >= 15 is 0 Å². The van der Waals surface area contributed by atoms with Crippen LogP contribution in [-0.4, -0.2) is 67.4 Å². The largest absolute Gasteiger partial charge is 0.500 e. The molecule has 0 saturated heterocycles. The molecule has 0 saturated carbocycles. The number of methoxy groups -OCH3 is 2. The van der Waals surface area contributed by atoms with Gasteiger partial charge in [-0.25, -0.2) is 0 Å². The number of nitrogens with one attached hydrogen (secondary N) is 1. The molecule has 0 aliphatic carbocycles. The molecule has 0 aliphatic heterocycles. The van der Waals surface area contributed by atoms with Gasteiger partial charge in [0.1, 0.15) is 6.04 Å². The number of carbonyl (C=O) groups is 2. The van der Waals surface area contributed by atoms with Gasteiger partial charge in [-0.3, -0.25) is 9.59 Å². The number of hydrogen-bond acceptors (Lipinski definition) is 8. The van der Waals surface area contributed by atoms with Crippen LogP contribution in [0.3, 0.4) is 0 Å². The highest BCUT2D eigenvalue weighted by molar-refractivity contribution is 6.60. The molecule has 0 aromatic heterocycles. The van der Waals surface area contributed by atoms with E-state index < -0.39 is 26.8 Å². The fraction of sp³-hybridized carbons (Fsp3) is 0.867. The first kappa shape index (κ1) is 23.0. The Balaban J connectivity index is 4.54. The molecule has 8 nitrogen and oxygen atoms in total. The second-order valence-corrected chi connectivity index (χ2v) is 7.63. The first-order chi connectivity index (χ1) is 11.5. The molecule has 24 heavy (non-hydrogen) atoms. The second kappa shape index (κ2) is 13.3. The fourth-order valence-corrected chi connectivity index (χ4v) is 4.83. The molecule has 1 N–H and O–H groups in total. The Morgan fingerprint density at radius 2 is 1.50 bits per heavy atom. The summed E-state index contributed by atoms with van der Waals surface area (Å²) in [5, 5.41) is 3.01. The molecule has 0 unspecified atom stereocenters. The van der Waals surface area contributed by atoms with Crippen LogP contribution in [-0.2, 0) is 32.3 Å². The Labute approximate surface area is 145 Å². The molecule has 0 aliphatic rings. The molecule has 0 fully saturated rings. The van der Waals surface area contributed by atoms with Crippen molar-refractivity contribution in [3.8, 4) is 0 Å². The van der Waals surface area contributed by atoms with Crippen LogP contribution >= 0.6 is 0 Å². The zero-order valence-corrected chi connectivity index (χ0v) is 16.4. The Kier molecular flexibility index (Phi) is 12.7. The molecular weight excluding hydrogens is 334 g/mol. The number of esters is 2. The predicted molar refractivity (Wildman–Crippen MR) is 90.5 cm³/mol. The third-order valence-electron chi connectivity index (χ3n) is 3.23. The van der Waals surface area contributed by atoms with Gasteiger partial charge in [-0.05, 0) is 33.7 Å². The Bertz CT molecular complexity index is 351. The average molecular weight is 365 g/mol. The van der Waals surface area contributed by atoms with E-state index in [2.05, 4.69) is 10.1 Å². The normalized spacial score (nSPS) is 12.7. The Hall–Kier alpha value is -1.00. The van der Waals surface area contributed by atoms with Gasteiger partial charge in [-0.1, -0.05) is 0 Å². The van der Waals surface area contributed by atoms with Crippen molar-refractivity contribution in [2.45, 2.75) is 45.7 Å². The lowest BCUT2D eigenvalue weighted by Crippen LogP contribution is -2.47. The molecule has 0 radical (unpaired) electrons. The van der Waals surface area contributed by atoms with E-state index in [1.165, 1.54) is 14.2 Å². The van der Waals surface area contributed by atoms with Crippen molar-refractivity contribution >= 4 is 20.7 Å². The van der Waals surface area contributed by atoms with Gasteiger partial charge in [0.2, 0.25) is 0 Å². The zero-order chi connectivity index (χ0) is 18.4. The average Bonchev–Trinajstić information content (AvgIpc) is 2.57. The van der Waals surface area contributed by atoms with E-state index in [1.54, 1.807) is 0 Å². The van der Waals surface area contributed by atoms with Crippen molar-refractivity contribution in [1.29, 1.82) is 0 Å². The summed E-state index contributed by atoms with van der Waals surface area (Å²) in [7, 11) is -0.126. The third kappa shape index (κ3) is 8.74. The van der Waals surface area contributed by atoms with Crippen LogP contribution in [0.25, 0.3) is 0 Å². The first-order valence-corrected chi connectivity index (χ1v) is 10.2. The number of ether oxygens (including phenoxy) is 2. The van der Waals surface area contributed by atoms with Gasteiger partial charge < -0.3 is 28.1 Å². The van der Waals surface area contributed by atoms with Crippen LogP contribution in [0.15, 0.2) is 0 Å². The van der Waals surface area contributed by atoms with E-state index in [0.29, 0.717) is 38.8 Å². The highest BCUT2D eigenvalue weighted by Gasteiger charge is 2.39. The molecular formula is C15H31NO7Si. The van der Waals surface area contributed by atoms with E-state index in [9.17, 15) is 9.59 Å². The third-order valence-corrected chi connectivity index (χ3v) is 6.38. The predicted octanol–water partition coefficient (Wildman–Crippen LogP) is 1.12. The maximum atomic E-state index is 11.7. The van der Waals surface area contributed by atoms with Crippen LogP contribution in [0.2, 0.25) is 6.04 Å². The summed E-state index contributed by atoms with van der Waals surface area (Å²) in [6.45, 7) is 7.77. The summed E-state index contributed by atoms with van der Waals surface area (Å²) in [4.78, 5) is 23.1. The number of hydrogen-bond donors (Lipinski definition) is 1. The number of rotatable bonds is 14. The SMILES string of the molecule is CCO[Si](CCCN[C@@H](CC(=O)OC)C(=O)OC)(OCC)OCC. The second-order valence-electron chi connectivity index (χ2n) is 4.90. The molecule has 0 spiro atoms. The van der Waals surface area contributed by atoms with Crippen LogP contribution in [0.4, 0.5) is 0 Å². The fourth-order valence-electron chi connectivity index (χ4n) is 2.21. The molecule has 0 aromatic rings. The van der Waals surface area contributed by atoms with Gasteiger partial charge >= 0.3 is 20.7 Å². The van der Waals surface area contributed by atoms with E-state index in [4.69, 9.17) is 18.0 Å². The lowest BCUT2D eigenvalue weighted by Gasteiger charge is -2.28. The summed E-state index contributed by atoms with van der Waals surface area (Å²) in [6.07, 6.45) is 0.606. The Morgan fingerprint density at radius 1 is 0.958 bits per heavy atom. The molecule has 0 heterocycles. The van der Waals surface area contributed by atoms with Crippen molar-refractivity contribution in [2.75, 3.05) is 40.6 Å². The quantitative estimate of drug-likeness (QED) is 0.278.